The van der Waals surface area contributed by atoms with Crippen molar-refractivity contribution in [2.45, 2.75) is 25.5 Å². The predicted molar refractivity (Wildman–Crippen MR) is 58.1 cm³/mol. The fraction of sp³-hybridized carbons (Fsp3) is 0.700. The Morgan fingerprint density at radius 2 is 2.47 bits per heavy atom. The van der Waals surface area contributed by atoms with E-state index in [1.807, 2.05) is 6.92 Å². The minimum Gasteiger partial charge on any atom is -0.373 e. The molecule has 0 saturated carbocycles. The van der Waals surface area contributed by atoms with Crippen molar-refractivity contribution in [2.24, 2.45) is 0 Å². The van der Waals surface area contributed by atoms with Gasteiger partial charge in [-0.1, -0.05) is 12.1 Å². The lowest BCUT2D eigenvalue weighted by molar-refractivity contribution is -0.121. The van der Waals surface area contributed by atoms with E-state index >= 15 is 0 Å². The molecule has 2 rings (SSSR count). The molecule has 1 aliphatic heterocycles. The third-order valence-electron chi connectivity index (χ3n) is 2.71. The summed E-state index contributed by atoms with van der Waals surface area (Å²) in [5.41, 5.74) is 0. The highest BCUT2D eigenvalue weighted by atomic mass is 16.5. The van der Waals surface area contributed by atoms with Crippen molar-refractivity contribution in [3.05, 3.63) is 11.7 Å². The monoisotopic (exact) mass is 240 g/mol. The molecular formula is C10H16N4O3. The third kappa shape index (κ3) is 2.62. The Bertz CT molecular complexity index is 379. The predicted octanol–water partition coefficient (Wildman–Crippen LogP) is -0.0724. The molecule has 1 amide bonds. The number of amides is 1. The summed E-state index contributed by atoms with van der Waals surface area (Å²) in [6, 6.07) is -0.122. The number of rotatable bonds is 4. The lowest BCUT2D eigenvalue weighted by Gasteiger charge is -2.20. The quantitative estimate of drug-likeness (QED) is 0.765. The van der Waals surface area contributed by atoms with Gasteiger partial charge in [-0.15, -0.1) is 0 Å². The molecule has 2 atom stereocenters. The van der Waals surface area contributed by atoms with Crippen LogP contribution in [-0.4, -0.2) is 36.2 Å². The third-order valence-corrected chi connectivity index (χ3v) is 2.71. The van der Waals surface area contributed by atoms with Gasteiger partial charge in [-0.25, -0.2) is 0 Å². The van der Waals surface area contributed by atoms with E-state index in [1.54, 1.807) is 7.11 Å². The largest absolute Gasteiger partial charge is 0.373 e. The fourth-order valence-electron chi connectivity index (χ4n) is 1.72. The summed E-state index contributed by atoms with van der Waals surface area (Å²) in [5, 5.41) is 9.65. The Hall–Kier alpha value is -1.47. The van der Waals surface area contributed by atoms with Crippen LogP contribution in [0.1, 0.15) is 37.2 Å². The van der Waals surface area contributed by atoms with Gasteiger partial charge in [0.15, 0.2) is 0 Å². The van der Waals surface area contributed by atoms with E-state index in [-0.39, 0.29) is 24.6 Å². The Labute approximate surface area is 98.9 Å². The number of carbonyl (C=O) groups excluding carboxylic acids is 1. The Morgan fingerprint density at radius 1 is 1.65 bits per heavy atom. The van der Waals surface area contributed by atoms with Gasteiger partial charge in [0.2, 0.25) is 17.6 Å². The van der Waals surface area contributed by atoms with E-state index in [4.69, 9.17) is 9.26 Å². The summed E-state index contributed by atoms with van der Waals surface area (Å²) < 4.78 is 10.4. The van der Waals surface area contributed by atoms with Crippen molar-refractivity contribution in [1.29, 1.82) is 0 Å². The number of carbonyl (C=O) groups is 1. The normalized spacial score (nSPS) is 22.2. The van der Waals surface area contributed by atoms with Gasteiger partial charge in [-0.3, -0.25) is 10.1 Å². The number of methoxy groups -OCH3 is 1. The number of nitrogens with zero attached hydrogens (tertiary/aromatic N) is 2. The molecule has 0 bridgehead atoms. The molecule has 0 spiro atoms. The second-order valence-electron chi connectivity index (χ2n) is 3.86. The molecule has 17 heavy (non-hydrogen) atoms. The van der Waals surface area contributed by atoms with Crippen molar-refractivity contribution >= 4 is 5.91 Å². The van der Waals surface area contributed by atoms with Crippen LogP contribution in [0.15, 0.2) is 4.52 Å². The molecule has 1 fully saturated rings. The molecule has 7 heteroatoms. The van der Waals surface area contributed by atoms with Gasteiger partial charge in [0.05, 0.1) is 6.54 Å². The van der Waals surface area contributed by atoms with E-state index in [9.17, 15) is 4.79 Å². The van der Waals surface area contributed by atoms with Crippen LogP contribution in [-0.2, 0) is 9.53 Å². The zero-order chi connectivity index (χ0) is 12.3. The summed E-state index contributed by atoms with van der Waals surface area (Å²) in [6.07, 6.45) is 0.635. The zero-order valence-electron chi connectivity index (χ0n) is 9.90. The molecule has 1 aromatic heterocycles. The number of ether oxygens (including phenoxy) is 1. The first-order valence-corrected chi connectivity index (χ1v) is 5.61. The van der Waals surface area contributed by atoms with Gasteiger partial charge < -0.3 is 14.6 Å². The Balaban J connectivity index is 2.05. The maximum Gasteiger partial charge on any atom is 0.245 e. The van der Waals surface area contributed by atoms with Crippen molar-refractivity contribution in [1.82, 2.24) is 20.8 Å². The number of piperazine rings is 1. The lowest BCUT2D eigenvalue weighted by Crippen LogP contribution is -2.47. The van der Waals surface area contributed by atoms with Crippen LogP contribution in [0.25, 0.3) is 0 Å². The topological polar surface area (TPSA) is 89.3 Å². The van der Waals surface area contributed by atoms with Crippen molar-refractivity contribution < 1.29 is 14.1 Å². The molecule has 1 saturated heterocycles. The SMILES string of the molecule is CCC(OC)c1noc(C2CNC(=O)CN2)n1. The maximum absolute atomic E-state index is 11.0. The van der Waals surface area contributed by atoms with Gasteiger partial charge >= 0.3 is 0 Å². The summed E-state index contributed by atoms with van der Waals surface area (Å²) in [5.74, 6) is 1.00. The molecule has 0 aliphatic carbocycles. The number of hydrogen-bond acceptors (Lipinski definition) is 6. The first-order valence-electron chi connectivity index (χ1n) is 5.61. The molecule has 0 aromatic carbocycles. The second-order valence-corrected chi connectivity index (χ2v) is 3.86. The molecular weight excluding hydrogens is 224 g/mol. The van der Waals surface area contributed by atoms with Crippen LogP contribution in [0.4, 0.5) is 0 Å². The van der Waals surface area contributed by atoms with Crippen LogP contribution in [0, 0.1) is 0 Å². The smallest absolute Gasteiger partial charge is 0.245 e. The Kier molecular flexibility index (Phi) is 3.70. The molecule has 7 nitrogen and oxygen atoms in total. The minimum absolute atomic E-state index is 0.0238. The summed E-state index contributed by atoms with van der Waals surface area (Å²) in [4.78, 5) is 15.3. The van der Waals surface area contributed by atoms with Crippen LogP contribution < -0.4 is 10.6 Å². The standard InChI is InChI=1S/C10H16N4O3/c1-3-7(16-2)9-13-10(17-14-9)6-4-12-8(15)5-11-6/h6-7,11H,3-5H2,1-2H3,(H,12,15). The van der Waals surface area contributed by atoms with E-state index in [2.05, 4.69) is 20.8 Å². The van der Waals surface area contributed by atoms with E-state index in [0.29, 0.717) is 18.3 Å². The molecule has 0 radical (unpaired) electrons. The average Bonchev–Trinajstić information content (AvgIpc) is 2.81. The number of aromatic nitrogens is 2. The van der Waals surface area contributed by atoms with E-state index < -0.39 is 0 Å². The number of nitrogens with one attached hydrogen (secondary N) is 2. The highest BCUT2D eigenvalue weighted by Crippen LogP contribution is 2.19. The zero-order valence-corrected chi connectivity index (χ0v) is 9.90. The van der Waals surface area contributed by atoms with Crippen molar-refractivity contribution in [2.75, 3.05) is 20.2 Å². The first kappa shape index (κ1) is 12.0. The van der Waals surface area contributed by atoms with E-state index in [0.717, 1.165) is 6.42 Å². The lowest BCUT2D eigenvalue weighted by atomic mass is 10.2. The molecule has 2 heterocycles. The van der Waals surface area contributed by atoms with Crippen LogP contribution >= 0.6 is 0 Å². The summed E-state index contributed by atoms with van der Waals surface area (Å²) in [7, 11) is 1.61. The minimum atomic E-state index is -0.148. The molecule has 94 valence electrons. The molecule has 1 aliphatic rings. The molecule has 2 N–H and O–H groups in total. The van der Waals surface area contributed by atoms with Crippen LogP contribution in [0.2, 0.25) is 0 Å². The van der Waals surface area contributed by atoms with Gasteiger partial charge in [0.25, 0.3) is 0 Å². The molecule has 2 unspecified atom stereocenters. The van der Waals surface area contributed by atoms with Crippen LogP contribution in [0.5, 0.6) is 0 Å². The van der Waals surface area contributed by atoms with Crippen LogP contribution in [0.3, 0.4) is 0 Å². The summed E-state index contributed by atoms with van der Waals surface area (Å²) >= 11 is 0. The van der Waals surface area contributed by atoms with Gasteiger partial charge in [-0.05, 0) is 6.42 Å². The highest BCUT2D eigenvalue weighted by Gasteiger charge is 2.25. The average molecular weight is 240 g/mol. The van der Waals surface area contributed by atoms with Gasteiger partial charge in [0, 0.05) is 13.7 Å². The summed E-state index contributed by atoms with van der Waals surface area (Å²) in [6.45, 7) is 2.72. The highest BCUT2D eigenvalue weighted by molar-refractivity contribution is 5.78. The Morgan fingerprint density at radius 3 is 3.06 bits per heavy atom. The first-order chi connectivity index (χ1) is 8.24. The maximum atomic E-state index is 11.0. The fourth-order valence-corrected chi connectivity index (χ4v) is 1.72. The van der Waals surface area contributed by atoms with Crippen molar-refractivity contribution in [3.63, 3.8) is 0 Å². The second kappa shape index (κ2) is 5.24. The van der Waals surface area contributed by atoms with Gasteiger partial charge in [-0.2, -0.15) is 4.98 Å². The van der Waals surface area contributed by atoms with Crippen molar-refractivity contribution in [3.8, 4) is 0 Å². The van der Waals surface area contributed by atoms with Gasteiger partial charge in [0.1, 0.15) is 12.1 Å². The number of hydrogen-bond donors (Lipinski definition) is 2. The molecule has 1 aromatic rings. The van der Waals surface area contributed by atoms with E-state index in [1.165, 1.54) is 0 Å².